The number of nitrogens with two attached hydrogens (primary N) is 1. The van der Waals surface area contributed by atoms with Crippen molar-refractivity contribution in [3.63, 3.8) is 0 Å². The van der Waals surface area contributed by atoms with Crippen molar-refractivity contribution in [1.82, 2.24) is 51.8 Å². The van der Waals surface area contributed by atoms with E-state index in [0.29, 0.717) is 11.4 Å². The number of nitrogens with one attached hydrogen (secondary N) is 8. The van der Waals surface area contributed by atoms with Crippen LogP contribution in [0.3, 0.4) is 0 Å². The number of aliphatic carboxylic acids is 4. The fraction of sp³-hybridized carbons (Fsp3) is 0.623. The Morgan fingerprint density at radius 1 is 0.448 bits per heavy atom. The third-order valence-corrected chi connectivity index (χ3v) is 18.8. The molecule has 0 aliphatic carbocycles. The van der Waals surface area contributed by atoms with Crippen molar-refractivity contribution in [3.05, 3.63) is 52.1 Å². The molecule has 0 fully saturated rings. The second-order valence-electron chi connectivity index (χ2n) is 27.3. The highest BCUT2D eigenvalue weighted by atomic mass is 32.1. The van der Waals surface area contributed by atoms with Crippen LogP contribution in [-0.4, -0.2) is 336 Å². The normalized spacial score (nSPS) is 16.4. The molecule has 0 aliphatic heterocycles. The fourth-order valence-electron chi connectivity index (χ4n) is 11.3. The van der Waals surface area contributed by atoms with Crippen LogP contribution in [0.15, 0.2) is 35.3 Å². The van der Waals surface area contributed by atoms with E-state index in [1.54, 1.807) is 0 Å². The zero-order chi connectivity index (χ0) is 87.4. The minimum Gasteiger partial charge on any atom is -0.481 e. The van der Waals surface area contributed by atoms with Crippen molar-refractivity contribution in [2.24, 2.45) is 23.7 Å². The van der Waals surface area contributed by atoms with Gasteiger partial charge in [-0.1, -0.05) is 0 Å². The number of carbonyl (C=O) groups is 14. The summed E-state index contributed by atoms with van der Waals surface area (Å²) >= 11 is 3.90. The molecule has 2 aromatic heterocycles. The average molecular weight is 1680 g/mol. The zero-order valence-electron chi connectivity index (χ0n) is 62.3. The number of fused-ring (bicyclic) bond motifs is 1. The van der Waals surface area contributed by atoms with E-state index in [1.807, 2.05) is 0 Å². The second-order valence-corrected chi connectivity index (χ2v) is 27.7. The summed E-state index contributed by atoms with van der Waals surface area (Å²) in [6.07, 6.45) is -36.9. The van der Waals surface area contributed by atoms with Gasteiger partial charge in [-0.15, -0.1) is 0 Å². The number of aromatic nitrogens is 4. The lowest BCUT2D eigenvalue weighted by atomic mass is 9.81. The molecular formula is C69H102N12O34S. The fourth-order valence-corrected chi connectivity index (χ4v) is 11.6. The first-order valence-electron chi connectivity index (χ1n) is 36.2. The standard InChI is InChI=1S/C69H102N12O34S/c70-69-80-62-55(66(111)81-69)76-36(22-75-62)21-71-35-7-1-30(2-8-35)63(108)78-39(67(112)113)10-9-37(85)17-31(3-12-50(95)72-23-44(89)56(102)59(105)47(92)26-82)41(86)18-32(6-15-53(98)99)42(87)19-33(4-13-51(96)73-24-45(90)57(103)60(106)48(93)27-83)64(109)77-38(11-16-54(100)101)43(88)20-34(65(110)79-40(29-116)68(114)115)5-14-52(97)74-25-46(91)58(104)61(107)49(94)28-84/h1-2,7-8,22,31-34,38-40,44-49,56-61,71,82-84,89-94,102-107,116H,3-6,9-21,23-29H2,(H,72,95)(H,73,96)(H,74,97)(H,77,109)(H,78,108)(H,79,110)(H,98,99)(H,100,101)(H,112,113)(H,114,115)(H3,70,75,80,81,111)/t31-,32+,33-,34-,38-,39-,40-,44-,45+,46+,47-,48-,49-,56-,57-,58-,59-,60-,61-/m1/s1. The van der Waals surface area contributed by atoms with Crippen LogP contribution in [0.5, 0.6) is 0 Å². The number of ketones is 4. The summed E-state index contributed by atoms with van der Waals surface area (Å²) in [5.74, 6) is -25.4. The quantitative estimate of drug-likeness (QED) is 0.0233. The molecule has 47 heteroatoms. The van der Waals surface area contributed by atoms with Crippen molar-refractivity contribution in [3.8, 4) is 0 Å². The Morgan fingerprint density at radius 3 is 1.27 bits per heavy atom. The average Bonchev–Trinajstić information content (AvgIpc) is 0.810. The van der Waals surface area contributed by atoms with Crippen LogP contribution in [0.2, 0.25) is 0 Å². The monoisotopic (exact) mass is 1670 g/mol. The van der Waals surface area contributed by atoms with E-state index in [0.717, 1.165) is 0 Å². The second kappa shape index (κ2) is 50.6. The van der Waals surface area contributed by atoms with Crippen molar-refractivity contribution < 1.29 is 164 Å². The van der Waals surface area contributed by atoms with Gasteiger partial charge in [0.15, 0.2) is 16.9 Å². The first kappa shape index (κ1) is 100. The summed E-state index contributed by atoms with van der Waals surface area (Å²) in [5.41, 5.74) is 5.45. The summed E-state index contributed by atoms with van der Waals surface area (Å²) in [5, 5.41) is 205. The summed E-state index contributed by atoms with van der Waals surface area (Å²) in [6, 6.07) is -0.0718. The maximum atomic E-state index is 14.8. The molecule has 29 N–H and O–H groups in total. The van der Waals surface area contributed by atoms with E-state index in [-0.39, 0.29) is 29.2 Å². The predicted octanol–water partition coefficient (Wildman–Crippen LogP) is -10.1. The molecule has 0 bridgehead atoms. The molecule has 3 aromatic rings. The van der Waals surface area contributed by atoms with Crippen LogP contribution >= 0.6 is 12.6 Å². The van der Waals surface area contributed by atoms with Gasteiger partial charge in [0.1, 0.15) is 84.4 Å². The topological polar surface area (TPSA) is 805 Å². The van der Waals surface area contributed by atoms with E-state index in [2.05, 4.69) is 69.8 Å². The minimum atomic E-state index is -2.21. The Morgan fingerprint density at radius 2 is 0.836 bits per heavy atom. The molecule has 648 valence electrons. The SMILES string of the molecule is Nc1nc2ncc(CNc3ccc(C(=O)N[C@H](CCC(=O)C[C@@H](CCC(=O)NC[C@@H](O)[C@@H](O)[C@H](O)[C@H](O)CO)C(=O)C[C@H](CCC(=O)O)C(=O)C[C@@H](CCC(=O)NC[C@H](O)[C@@H](O)[C@H](O)[C@H](O)CO)C(=O)N[C@H](CCC(=O)O)C(=O)C[C@@H](CCC(=O)NC[C@H](O)[C@@H](O)[C@H](O)[C@H](O)CO)C(=O)N[C@H](CS)C(=O)O)C(=O)O)cc3)nc2c(=O)[nH]1. The summed E-state index contributed by atoms with van der Waals surface area (Å²) in [6.45, 7) is -5.78. The molecule has 0 saturated heterocycles. The van der Waals surface area contributed by atoms with Crippen LogP contribution in [-0.2, 0) is 68.9 Å². The van der Waals surface area contributed by atoms with Gasteiger partial charge in [0, 0.05) is 125 Å². The van der Waals surface area contributed by atoms with E-state index in [9.17, 15) is 164 Å². The van der Waals surface area contributed by atoms with Crippen molar-refractivity contribution in [2.45, 2.75) is 201 Å². The molecule has 2 heterocycles. The molecule has 46 nitrogen and oxygen atoms in total. The largest absolute Gasteiger partial charge is 0.481 e. The highest BCUT2D eigenvalue weighted by Gasteiger charge is 2.38. The number of anilines is 2. The van der Waals surface area contributed by atoms with Gasteiger partial charge in [0.05, 0.1) is 62.6 Å². The summed E-state index contributed by atoms with van der Waals surface area (Å²) < 4.78 is 0. The van der Waals surface area contributed by atoms with Crippen LogP contribution < -0.4 is 48.5 Å². The summed E-state index contributed by atoms with van der Waals surface area (Å²) in [4.78, 5) is 215. The molecule has 1 aromatic carbocycles. The minimum absolute atomic E-state index is 0.00863. The Kier molecular flexibility index (Phi) is 43.8. The predicted molar refractivity (Wildman–Crippen MR) is 396 cm³/mol. The van der Waals surface area contributed by atoms with E-state index >= 15 is 0 Å². The number of nitrogens with zero attached hydrogens (tertiary/aromatic N) is 3. The third kappa shape index (κ3) is 34.5. The molecule has 0 aliphatic rings. The number of carboxylic acid groups (broad SMARTS) is 4. The summed E-state index contributed by atoms with van der Waals surface area (Å²) in [7, 11) is 0. The van der Waals surface area contributed by atoms with E-state index < -0.39 is 351 Å². The number of aliphatic hydroxyl groups excluding tert-OH is 15. The highest BCUT2D eigenvalue weighted by molar-refractivity contribution is 7.80. The third-order valence-electron chi connectivity index (χ3n) is 18.4. The van der Waals surface area contributed by atoms with Crippen LogP contribution in [0.1, 0.15) is 119 Å². The molecule has 0 unspecified atom stereocenters. The maximum absolute atomic E-state index is 14.8. The van der Waals surface area contributed by atoms with Crippen molar-refractivity contribution >= 4 is 118 Å². The lowest BCUT2D eigenvalue weighted by molar-refractivity contribution is -0.142. The van der Waals surface area contributed by atoms with Gasteiger partial charge in [-0.2, -0.15) is 17.6 Å². The van der Waals surface area contributed by atoms with E-state index in [1.165, 1.54) is 30.5 Å². The van der Waals surface area contributed by atoms with Gasteiger partial charge < -0.3 is 140 Å². The molecule has 0 saturated carbocycles. The molecule has 6 amide bonds. The number of carboxylic acids is 4. The number of aliphatic hydroxyl groups is 15. The first-order valence-corrected chi connectivity index (χ1v) is 36.9. The highest BCUT2D eigenvalue weighted by Crippen LogP contribution is 2.27. The number of hydrogen-bond donors (Lipinski definition) is 29. The molecule has 3 rings (SSSR count). The number of hydrogen-bond acceptors (Lipinski definition) is 36. The molecule has 0 radical (unpaired) electrons. The number of thiol groups is 1. The van der Waals surface area contributed by atoms with Crippen molar-refractivity contribution in [2.75, 3.05) is 56.3 Å². The number of carbonyl (C=O) groups excluding carboxylic acids is 10. The Hall–Kier alpha value is -9.83. The molecule has 116 heavy (non-hydrogen) atoms. The molecule has 19 atom stereocenters. The van der Waals surface area contributed by atoms with Gasteiger partial charge in [-0.05, 0) is 62.8 Å². The number of benzene rings is 1. The number of Topliss-reactive ketones (excluding diaryl/α,β-unsaturated/α-hetero) is 4. The number of amides is 6. The van der Waals surface area contributed by atoms with Crippen molar-refractivity contribution in [1.29, 1.82) is 0 Å². The Balaban J connectivity index is 2.05. The van der Waals surface area contributed by atoms with Gasteiger partial charge >= 0.3 is 23.9 Å². The van der Waals surface area contributed by atoms with Gasteiger partial charge in [-0.3, -0.25) is 67.3 Å². The Labute approximate surface area is 664 Å². The number of nitrogen functional groups attached to an aromatic ring is 1. The van der Waals surface area contributed by atoms with Crippen LogP contribution in [0.25, 0.3) is 11.2 Å². The first-order chi connectivity index (χ1) is 54.5. The van der Waals surface area contributed by atoms with E-state index in [4.69, 9.17) is 10.8 Å². The molecule has 0 spiro atoms. The zero-order valence-corrected chi connectivity index (χ0v) is 63.2. The number of rotatable bonds is 59. The number of H-pyrrole nitrogens is 1. The van der Waals surface area contributed by atoms with Gasteiger partial charge in [0.2, 0.25) is 35.5 Å². The maximum Gasteiger partial charge on any atom is 0.327 e. The lowest BCUT2D eigenvalue weighted by Gasteiger charge is -2.26. The van der Waals surface area contributed by atoms with Gasteiger partial charge in [-0.25, -0.2) is 19.6 Å². The Bertz CT molecular complexity index is 3860. The number of aromatic amines is 1. The lowest BCUT2D eigenvalue weighted by Crippen LogP contribution is -2.50. The van der Waals surface area contributed by atoms with Gasteiger partial charge in [0.25, 0.3) is 11.5 Å². The van der Waals surface area contributed by atoms with Crippen LogP contribution in [0, 0.1) is 23.7 Å². The van der Waals surface area contributed by atoms with Crippen LogP contribution in [0.4, 0.5) is 11.6 Å². The smallest absolute Gasteiger partial charge is 0.327 e. The molecular weight excluding hydrogens is 1570 g/mol.